The van der Waals surface area contributed by atoms with Gasteiger partial charge in [-0.25, -0.2) is 0 Å². The lowest BCUT2D eigenvalue weighted by Gasteiger charge is -2.18. The van der Waals surface area contributed by atoms with Crippen molar-refractivity contribution in [2.75, 3.05) is 13.2 Å². The van der Waals surface area contributed by atoms with E-state index in [4.69, 9.17) is 14.2 Å². The molecule has 81 heavy (non-hydrogen) atoms. The number of rotatable bonds is 55. The van der Waals surface area contributed by atoms with Crippen molar-refractivity contribution in [1.29, 1.82) is 0 Å². The minimum atomic E-state index is -0.850. The smallest absolute Gasteiger partial charge is 0.306 e. The highest BCUT2D eigenvalue weighted by atomic mass is 16.6. The van der Waals surface area contributed by atoms with Gasteiger partial charge in [-0.05, 0) is 148 Å². The summed E-state index contributed by atoms with van der Waals surface area (Å²) in [4.78, 5) is 38.3. The van der Waals surface area contributed by atoms with Gasteiger partial charge in [-0.15, -0.1) is 0 Å². The molecule has 0 saturated carbocycles. The molecule has 1 atom stereocenters. The van der Waals surface area contributed by atoms with Crippen LogP contribution in [0.25, 0.3) is 0 Å². The highest BCUT2D eigenvalue weighted by Crippen LogP contribution is 2.14. The minimum absolute atomic E-state index is 0.134. The molecule has 0 rings (SSSR count). The van der Waals surface area contributed by atoms with E-state index in [2.05, 4.69) is 203 Å². The molecule has 0 heterocycles. The largest absolute Gasteiger partial charge is 0.462 e. The molecule has 450 valence electrons. The van der Waals surface area contributed by atoms with Crippen LogP contribution in [0.4, 0.5) is 0 Å². The number of esters is 3. The molecule has 0 aliphatic rings. The van der Waals surface area contributed by atoms with Crippen LogP contribution in [0.5, 0.6) is 0 Å². The number of carbonyl (C=O) groups excluding carboxylic acids is 3. The summed E-state index contributed by atoms with van der Waals surface area (Å²) in [6, 6.07) is 0. The SMILES string of the molecule is CC/C=C\C/C=C\C/C=C\C/C=C\C/C=C\C/C=C\CCCCCCCCCCCCC(=O)OCC(COC(=O)CCCC/C=C\C/C=C\C/C=C\C/C=C\CC)OC(=O)CC/C=C\C/C=C\C/C=C\C/C=C\C/C=C\C/C=C\CC. The Kier molecular flexibility index (Phi) is 62.0. The second kappa shape index (κ2) is 66.8. The molecule has 0 aliphatic carbocycles. The van der Waals surface area contributed by atoms with Gasteiger partial charge in [0.05, 0.1) is 0 Å². The maximum absolute atomic E-state index is 12.9. The standard InChI is InChI=1S/C75H114O6/c1-4-7-10-13-16-19-22-25-28-30-32-33-34-35-36-37-38-39-40-41-43-44-47-50-53-56-59-62-65-68-74(77)80-71-72(70-79-73(76)67-64-61-58-55-52-49-46-27-24-21-18-15-12-9-6-3)81-75(78)69-66-63-60-57-54-51-48-45-42-31-29-26-23-20-17-14-11-8-5-2/h7-12,16-21,25-29,32-33,35-36,38-39,42,45-46,51-52,54-55,60,63,72H,4-6,13-15,22-24,30-31,34,37,40-41,43-44,47-50,53,56-59,61-62,64-71H2,1-3H3/b10-7-,11-8-,12-9-,19-16-,20-17-,21-18-,28-25-,29-26-,33-32-,36-35-,39-38-,45-42-,46-27-,54-51-,55-52-,63-60-. The number of carbonyl (C=O) groups is 3. The number of allylic oxidation sites excluding steroid dienone is 32. The molecule has 0 amide bonds. The van der Waals surface area contributed by atoms with E-state index in [0.29, 0.717) is 19.3 Å². The Bertz CT molecular complexity index is 1950. The van der Waals surface area contributed by atoms with Crippen molar-refractivity contribution < 1.29 is 28.6 Å². The van der Waals surface area contributed by atoms with Gasteiger partial charge in [0.1, 0.15) is 13.2 Å². The van der Waals surface area contributed by atoms with Crippen LogP contribution in [0.15, 0.2) is 194 Å². The lowest BCUT2D eigenvalue weighted by atomic mass is 10.1. The van der Waals surface area contributed by atoms with Gasteiger partial charge in [0.25, 0.3) is 0 Å². The van der Waals surface area contributed by atoms with Crippen LogP contribution in [0.3, 0.4) is 0 Å². The number of unbranched alkanes of at least 4 members (excludes halogenated alkanes) is 12. The summed E-state index contributed by atoms with van der Waals surface area (Å²) in [5.41, 5.74) is 0. The molecule has 0 aliphatic heterocycles. The zero-order valence-corrected chi connectivity index (χ0v) is 51.5. The molecular formula is C75H114O6. The minimum Gasteiger partial charge on any atom is -0.462 e. The van der Waals surface area contributed by atoms with Crippen LogP contribution in [-0.2, 0) is 28.6 Å². The Labute approximate surface area is 497 Å². The molecule has 0 aromatic rings. The van der Waals surface area contributed by atoms with Gasteiger partial charge in [0, 0.05) is 19.3 Å². The van der Waals surface area contributed by atoms with Gasteiger partial charge in [-0.1, -0.05) is 267 Å². The fourth-order valence-electron chi connectivity index (χ4n) is 7.93. The Hall–Kier alpha value is -5.75. The van der Waals surface area contributed by atoms with Crippen molar-refractivity contribution in [1.82, 2.24) is 0 Å². The summed E-state index contributed by atoms with van der Waals surface area (Å²) < 4.78 is 16.8. The van der Waals surface area contributed by atoms with Gasteiger partial charge < -0.3 is 14.2 Å². The molecule has 0 fully saturated rings. The lowest BCUT2D eigenvalue weighted by Crippen LogP contribution is -2.30. The van der Waals surface area contributed by atoms with E-state index in [-0.39, 0.29) is 38.0 Å². The molecular weight excluding hydrogens is 997 g/mol. The third-order valence-corrected chi connectivity index (χ3v) is 12.6. The molecule has 0 saturated heterocycles. The second-order valence-electron chi connectivity index (χ2n) is 20.2. The normalized spacial score (nSPS) is 13.5. The van der Waals surface area contributed by atoms with Crippen LogP contribution in [0.1, 0.15) is 239 Å². The van der Waals surface area contributed by atoms with E-state index in [9.17, 15) is 14.4 Å². The van der Waals surface area contributed by atoms with Gasteiger partial charge in [0.2, 0.25) is 0 Å². The summed E-state index contributed by atoms with van der Waals surface area (Å²) in [7, 11) is 0. The van der Waals surface area contributed by atoms with Crippen LogP contribution in [0.2, 0.25) is 0 Å². The summed E-state index contributed by atoms with van der Waals surface area (Å²) in [5.74, 6) is -1.08. The third-order valence-electron chi connectivity index (χ3n) is 12.6. The highest BCUT2D eigenvalue weighted by molar-refractivity contribution is 5.71. The van der Waals surface area contributed by atoms with Crippen molar-refractivity contribution in [2.45, 2.75) is 245 Å². The molecule has 0 N–H and O–H groups in total. The van der Waals surface area contributed by atoms with Gasteiger partial charge >= 0.3 is 17.9 Å². The zero-order chi connectivity index (χ0) is 58.5. The molecule has 6 nitrogen and oxygen atoms in total. The van der Waals surface area contributed by atoms with Crippen molar-refractivity contribution in [3.05, 3.63) is 194 Å². The van der Waals surface area contributed by atoms with Gasteiger partial charge in [-0.3, -0.25) is 14.4 Å². The maximum atomic E-state index is 12.9. The first-order valence-corrected chi connectivity index (χ1v) is 31.9. The topological polar surface area (TPSA) is 78.9 Å². The van der Waals surface area contributed by atoms with Gasteiger partial charge in [0.15, 0.2) is 6.10 Å². The first kappa shape index (κ1) is 75.2. The third kappa shape index (κ3) is 64.9. The first-order valence-electron chi connectivity index (χ1n) is 31.9. The van der Waals surface area contributed by atoms with Crippen LogP contribution in [-0.4, -0.2) is 37.2 Å². The predicted octanol–water partition coefficient (Wildman–Crippen LogP) is 22.2. The average Bonchev–Trinajstić information content (AvgIpc) is 3.47. The second-order valence-corrected chi connectivity index (χ2v) is 20.2. The highest BCUT2D eigenvalue weighted by Gasteiger charge is 2.19. The van der Waals surface area contributed by atoms with E-state index in [1.165, 1.54) is 44.9 Å². The van der Waals surface area contributed by atoms with Crippen LogP contribution < -0.4 is 0 Å². The quantitative estimate of drug-likeness (QED) is 0.0261. The first-order chi connectivity index (χ1) is 40.0. The molecule has 0 aromatic carbocycles. The summed E-state index contributed by atoms with van der Waals surface area (Å²) in [5, 5.41) is 0. The molecule has 0 bridgehead atoms. The van der Waals surface area contributed by atoms with E-state index in [1.54, 1.807) is 0 Å². The average molecular weight is 1110 g/mol. The summed E-state index contributed by atoms with van der Waals surface area (Å²) in [6.07, 6.45) is 102. The van der Waals surface area contributed by atoms with Crippen LogP contribution >= 0.6 is 0 Å². The summed E-state index contributed by atoms with van der Waals surface area (Å²) >= 11 is 0. The van der Waals surface area contributed by atoms with Crippen molar-refractivity contribution in [3.63, 3.8) is 0 Å². The molecule has 0 radical (unpaired) electrons. The van der Waals surface area contributed by atoms with Crippen molar-refractivity contribution in [2.24, 2.45) is 0 Å². The Morgan fingerprint density at radius 2 is 0.469 bits per heavy atom. The van der Waals surface area contributed by atoms with Crippen molar-refractivity contribution >= 4 is 17.9 Å². The number of hydrogen-bond acceptors (Lipinski definition) is 6. The lowest BCUT2D eigenvalue weighted by molar-refractivity contribution is -0.166. The predicted molar refractivity (Wildman–Crippen MR) is 352 cm³/mol. The maximum Gasteiger partial charge on any atom is 0.306 e. The fourth-order valence-corrected chi connectivity index (χ4v) is 7.93. The fraction of sp³-hybridized carbons (Fsp3) is 0.533. The zero-order valence-electron chi connectivity index (χ0n) is 51.5. The Balaban J connectivity index is 4.49. The van der Waals surface area contributed by atoms with E-state index < -0.39 is 12.1 Å². The molecule has 0 aromatic heterocycles. The van der Waals surface area contributed by atoms with E-state index >= 15 is 0 Å². The number of ether oxygens (including phenoxy) is 3. The number of hydrogen-bond donors (Lipinski definition) is 0. The van der Waals surface area contributed by atoms with Crippen LogP contribution in [0, 0.1) is 0 Å². The summed E-state index contributed by atoms with van der Waals surface area (Å²) in [6.45, 7) is 6.18. The van der Waals surface area contributed by atoms with E-state index in [0.717, 1.165) is 141 Å². The van der Waals surface area contributed by atoms with Crippen molar-refractivity contribution in [3.8, 4) is 0 Å². The molecule has 6 heteroatoms. The Morgan fingerprint density at radius 1 is 0.247 bits per heavy atom. The molecule has 1 unspecified atom stereocenters. The molecule has 0 spiro atoms. The van der Waals surface area contributed by atoms with Gasteiger partial charge in [-0.2, -0.15) is 0 Å². The van der Waals surface area contributed by atoms with E-state index in [1.807, 2.05) is 12.2 Å². The Morgan fingerprint density at radius 3 is 0.765 bits per heavy atom. The monoisotopic (exact) mass is 1110 g/mol.